The number of aliphatic hydroxyl groups is 2. The van der Waals surface area contributed by atoms with Gasteiger partial charge in [0.25, 0.3) is 0 Å². The van der Waals surface area contributed by atoms with Crippen LogP contribution in [0.4, 0.5) is 4.79 Å². The van der Waals surface area contributed by atoms with Crippen molar-refractivity contribution < 1.29 is 19.8 Å². The number of rotatable bonds is 9. The number of ketones is 1. The maximum Gasteiger partial charge on any atom is 0.317 e. The first-order valence-corrected chi connectivity index (χ1v) is 21.1. The van der Waals surface area contributed by atoms with Gasteiger partial charge in [0.15, 0.2) is 0 Å². The maximum atomic E-state index is 14.6. The van der Waals surface area contributed by atoms with E-state index in [1.807, 2.05) is 84.6 Å². The molecule has 2 heterocycles. The predicted molar refractivity (Wildman–Crippen MR) is 222 cm³/mol. The van der Waals surface area contributed by atoms with Crippen LogP contribution in [0.3, 0.4) is 0 Å². The number of urea groups is 1. The van der Waals surface area contributed by atoms with Crippen molar-refractivity contribution >= 4 is 44.6 Å². The molecular weight excluding hydrogens is 709 g/mol. The second kappa shape index (κ2) is 16.3. The molecular formula is C46H52N2O4S2. The van der Waals surface area contributed by atoms with E-state index in [-0.39, 0.29) is 30.3 Å². The number of allylic oxidation sites excluding steroid dienone is 2. The zero-order chi connectivity index (χ0) is 37.9. The molecule has 3 aliphatic rings. The third-order valence-electron chi connectivity index (χ3n) is 12.2. The van der Waals surface area contributed by atoms with Crippen molar-refractivity contribution in [3.8, 4) is 0 Å². The quantitative estimate of drug-likeness (QED) is 0.103. The molecule has 6 nitrogen and oxygen atoms in total. The predicted octanol–water partition coefficient (Wildman–Crippen LogP) is 10.2. The minimum absolute atomic E-state index is 0.0185. The average molecular weight is 761 g/mol. The first-order valence-electron chi connectivity index (χ1n) is 19.4. The van der Waals surface area contributed by atoms with Crippen molar-refractivity contribution in [2.75, 3.05) is 13.1 Å². The van der Waals surface area contributed by atoms with Gasteiger partial charge < -0.3 is 20.4 Å². The minimum atomic E-state index is -1.22. The summed E-state index contributed by atoms with van der Waals surface area (Å²) in [5, 5.41) is 30.5. The fourth-order valence-electron chi connectivity index (χ4n) is 8.79. The second-order valence-corrected chi connectivity index (χ2v) is 17.9. The number of nitrogens with zero attached hydrogens (tertiary/aromatic N) is 1. The molecule has 5 aromatic rings. The zero-order valence-electron chi connectivity index (χ0n) is 31.6. The third kappa shape index (κ3) is 8.13. The van der Waals surface area contributed by atoms with Gasteiger partial charge >= 0.3 is 6.03 Å². The normalized spacial score (nSPS) is 23.7. The van der Waals surface area contributed by atoms with Gasteiger partial charge in [-0.25, -0.2) is 4.79 Å². The van der Waals surface area contributed by atoms with Crippen molar-refractivity contribution in [3.05, 3.63) is 140 Å². The number of carbonyl (C=O) groups is 2. The fourth-order valence-corrected chi connectivity index (χ4v) is 10.5. The summed E-state index contributed by atoms with van der Waals surface area (Å²) in [5.74, 6) is -0.146. The summed E-state index contributed by atoms with van der Waals surface area (Å²) in [6.45, 7) is 6.97. The molecule has 282 valence electrons. The van der Waals surface area contributed by atoms with Crippen LogP contribution in [-0.2, 0) is 12.8 Å². The van der Waals surface area contributed by atoms with Crippen LogP contribution < -0.4 is 5.32 Å². The summed E-state index contributed by atoms with van der Waals surface area (Å²) in [6, 6.07) is 29.9. The Morgan fingerprint density at radius 1 is 0.981 bits per heavy atom. The highest BCUT2D eigenvalue weighted by atomic mass is 32.1. The SMILES string of the molecule is CC1=CCCC2(C)C(CCC2(O)CN(CCc2cccs2)C(=O)NC(C)c2ccccc2)c2ccc(cc2C(=O)c2cc3ccccc3s2)CC(O)CC1. The standard InChI is InChI=1S/C46H52N2O4S2/c1-31-11-9-23-45(3)40(38-20-18-33(27-36(49)19-17-31)28-39(38)43(50)42-29-35-14-7-8-16-41(35)54-42)21-24-46(45,52)30-48(25-22-37-15-10-26-53-37)44(51)47-32(2)34-12-5-4-6-13-34/h4-8,10-16,18,20,26,28-29,32,36,40,49,52H,9,17,19,21-25,27,30H2,1-3H3,(H,47,51). The molecule has 3 aliphatic carbocycles. The van der Waals surface area contributed by atoms with Gasteiger partial charge in [0.1, 0.15) is 0 Å². The van der Waals surface area contributed by atoms with E-state index in [9.17, 15) is 19.8 Å². The van der Waals surface area contributed by atoms with Gasteiger partial charge in [0.2, 0.25) is 5.78 Å². The number of benzene rings is 3. The lowest BCUT2D eigenvalue weighted by Gasteiger charge is -2.46. The smallest absolute Gasteiger partial charge is 0.317 e. The molecule has 2 bridgehead atoms. The highest BCUT2D eigenvalue weighted by molar-refractivity contribution is 7.21. The second-order valence-electron chi connectivity index (χ2n) is 15.8. The molecule has 54 heavy (non-hydrogen) atoms. The van der Waals surface area contributed by atoms with Gasteiger partial charge in [-0.05, 0) is 123 Å². The Hall–Kier alpha value is -4.08. The Morgan fingerprint density at radius 2 is 1.78 bits per heavy atom. The minimum Gasteiger partial charge on any atom is -0.393 e. The van der Waals surface area contributed by atoms with E-state index in [1.54, 1.807) is 11.3 Å². The zero-order valence-corrected chi connectivity index (χ0v) is 33.2. The number of fused-ring (bicyclic) bond motifs is 9. The molecule has 2 amide bonds. The Bertz CT molecular complexity index is 2070. The fraction of sp³-hybridized carbons (Fsp3) is 0.391. The molecule has 5 atom stereocenters. The molecule has 0 radical (unpaired) electrons. The molecule has 2 aromatic heterocycles. The van der Waals surface area contributed by atoms with E-state index < -0.39 is 17.1 Å². The highest BCUT2D eigenvalue weighted by Crippen LogP contribution is 2.59. The molecule has 0 aliphatic heterocycles. The number of nitrogens with one attached hydrogen (secondary N) is 1. The van der Waals surface area contributed by atoms with Gasteiger partial charge in [-0.2, -0.15) is 0 Å². The van der Waals surface area contributed by atoms with E-state index in [1.165, 1.54) is 21.8 Å². The summed E-state index contributed by atoms with van der Waals surface area (Å²) in [7, 11) is 0. The summed E-state index contributed by atoms with van der Waals surface area (Å²) < 4.78 is 1.07. The van der Waals surface area contributed by atoms with Crippen molar-refractivity contribution in [1.82, 2.24) is 10.2 Å². The summed E-state index contributed by atoms with van der Waals surface area (Å²) >= 11 is 3.19. The van der Waals surface area contributed by atoms with Crippen LogP contribution in [0, 0.1) is 5.41 Å². The van der Waals surface area contributed by atoms with Crippen LogP contribution in [0.5, 0.6) is 0 Å². The van der Waals surface area contributed by atoms with E-state index in [2.05, 4.69) is 48.8 Å². The number of hydrogen-bond donors (Lipinski definition) is 3. The van der Waals surface area contributed by atoms with Crippen LogP contribution in [0.1, 0.15) is 108 Å². The molecule has 5 unspecified atom stereocenters. The average Bonchev–Trinajstić information content (AvgIpc) is 3.91. The van der Waals surface area contributed by atoms with Crippen LogP contribution in [-0.4, -0.2) is 51.7 Å². The van der Waals surface area contributed by atoms with Gasteiger partial charge in [-0.3, -0.25) is 4.79 Å². The lowest BCUT2D eigenvalue weighted by atomic mass is 9.64. The monoisotopic (exact) mass is 760 g/mol. The van der Waals surface area contributed by atoms with Crippen LogP contribution >= 0.6 is 22.7 Å². The van der Waals surface area contributed by atoms with E-state index >= 15 is 0 Å². The summed E-state index contributed by atoms with van der Waals surface area (Å²) in [6.07, 6.45) is 6.98. The number of carbonyl (C=O) groups excluding carboxylic acids is 2. The molecule has 3 aromatic carbocycles. The van der Waals surface area contributed by atoms with Crippen molar-refractivity contribution in [3.63, 3.8) is 0 Å². The maximum absolute atomic E-state index is 14.6. The molecule has 1 saturated carbocycles. The molecule has 0 spiro atoms. The Labute approximate surface area is 327 Å². The largest absolute Gasteiger partial charge is 0.393 e. The van der Waals surface area contributed by atoms with E-state index in [0.29, 0.717) is 55.5 Å². The van der Waals surface area contributed by atoms with Gasteiger partial charge in [-0.1, -0.05) is 85.3 Å². The molecule has 3 N–H and O–H groups in total. The van der Waals surface area contributed by atoms with E-state index in [4.69, 9.17) is 0 Å². The van der Waals surface area contributed by atoms with Crippen LogP contribution in [0.25, 0.3) is 10.1 Å². The van der Waals surface area contributed by atoms with Crippen molar-refractivity contribution in [2.45, 2.75) is 95.8 Å². The number of thiophene rings is 2. The highest BCUT2D eigenvalue weighted by Gasteiger charge is 2.57. The summed E-state index contributed by atoms with van der Waals surface area (Å²) in [4.78, 5) is 32.6. The van der Waals surface area contributed by atoms with Crippen molar-refractivity contribution in [2.24, 2.45) is 5.41 Å². The van der Waals surface area contributed by atoms with Crippen LogP contribution in [0.15, 0.2) is 108 Å². The lowest BCUT2D eigenvalue weighted by Crippen LogP contribution is -2.56. The van der Waals surface area contributed by atoms with Gasteiger partial charge in [0, 0.05) is 27.1 Å². The van der Waals surface area contributed by atoms with Gasteiger partial charge in [-0.15, -0.1) is 22.7 Å². The molecule has 0 saturated heterocycles. The Morgan fingerprint density at radius 3 is 2.56 bits per heavy atom. The Kier molecular flexibility index (Phi) is 11.6. The first-order chi connectivity index (χ1) is 26.0. The Balaban J connectivity index is 1.26. The summed E-state index contributed by atoms with van der Waals surface area (Å²) in [5.41, 5.74) is 2.92. The van der Waals surface area contributed by atoms with Gasteiger partial charge in [0.05, 0.1) is 29.2 Å². The number of amides is 2. The molecule has 1 fully saturated rings. The third-order valence-corrected chi connectivity index (χ3v) is 14.2. The van der Waals surface area contributed by atoms with Crippen LogP contribution in [0.2, 0.25) is 0 Å². The van der Waals surface area contributed by atoms with E-state index in [0.717, 1.165) is 39.6 Å². The van der Waals surface area contributed by atoms with Crippen molar-refractivity contribution in [1.29, 1.82) is 0 Å². The molecule has 8 heteroatoms. The number of hydrogen-bond acceptors (Lipinski definition) is 6. The topological polar surface area (TPSA) is 89.9 Å². The lowest BCUT2D eigenvalue weighted by molar-refractivity contribution is -0.0769. The molecule has 8 rings (SSSR count). The number of aliphatic hydroxyl groups excluding tert-OH is 1. The first kappa shape index (κ1) is 38.2.